The number of nitrogens with zero attached hydrogens (tertiary/aromatic N) is 10. The second-order valence-electron chi connectivity index (χ2n) is 10.4. The van der Waals surface area contributed by atoms with Crippen molar-refractivity contribution in [1.29, 1.82) is 0 Å². The van der Waals surface area contributed by atoms with Crippen LogP contribution in [-0.4, -0.2) is 52.6 Å². The van der Waals surface area contributed by atoms with Crippen molar-refractivity contribution in [3.8, 4) is 23.0 Å². The fraction of sp³-hybridized carbons (Fsp3) is 0.188. The SMILES string of the molecule is Clc1cccc(N2CCn3nc(-c4ccccn4)nc3C2)c1.Fc1cccc(N2CCn3nc(-c4ccccn4)nc3C2)c1. The maximum Gasteiger partial charge on any atom is 0.200 e. The van der Waals surface area contributed by atoms with E-state index < -0.39 is 0 Å². The zero-order valence-corrected chi connectivity index (χ0v) is 24.5. The van der Waals surface area contributed by atoms with Crippen LogP contribution in [0.5, 0.6) is 0 Å². The fourth-order valence-corrected chi connectivity index (χ4v) is 5.45. The highest BCUT2D eigenvalue weighted by molar-refractivity contribution is 6.30. The van der Waals surface area contributed by atoms with E-state index in [-0.39, 0.29) is 5.82 Å². The molecule has 220 valence electrons. The average Bonchev–Trinajstić information content (AvgIpc) is 3.70. The molecule has 0 saturated heterocycles. The van der Waals surface area contributed by atoms with Crippen LogP contribution in [0.3, 0.4) is 0 Å². The van der Waals surface area contributed by atoms with Crippen LogP contribution in [0.2, 0.25) is 5.02 Å². The Bertz CT molecular complexity index is 1740. The molecule has 12 heteroatoms. The predicted octanol–water partition coefficient (Wildman–Crippen LogP) is 5.51. The first-order chi connectivity index (χ1) is 21.6. The molecule has 44 heavy (non-hydrogen) atoms. The van der Waals surface area contributed by atoms with Crippen molar-refractivity contribution >= 4 is 23.0 Å². The summed E-state index contributed by atoms with van der Waals surface area (Å²) in [5, 5.41) is 9.81. The van der Waals surface area contributed by atoms with Gasteiger partial charge in [0.2, 0.25) is 0 Å². The van der Waals surface area contributed by atoms with E-state index in [0.29, 0.717) is 18.2 Å². The largest absolute Gasteiger partial charge is 0.362 e. The molecule has 0 unspecified atom stereocenters. The molecule has 6 aromatic rings. The Morgan fingerprint density at radius 2 is 1.14 bits per heavy atom. The minimum Gasteiger partial charge on any atom is -0.362 e. The molecule has 2 aliphatic heterocycles. The molecule has 2 aromatic carbocycles. The predicted molar refractivity (Wildman–Crippen MR) is 166 cm³/mol. The summed E-state index contributed by atoms with van der Waals surface area (Å²) in [4.78, 5) is 22.2. The van der Waals surface area contributed by atoms with Gasteiger partial charge in [-0.25, -0.2) is 23.7 Å². The zero-order valence-electron chi connectivity index (χ0n) is 23.7. The van der Waals surface area contributed by atoms with E-state index in [1.54, 1.807) is 24.5 Å². The van der Waals surface area contributed by atoms with Gasteiger partial charge in [0, 0.05) is 41.9 Å². The molecule has 0 bridgehead atoms. The van der Waals surface area contributed by atoms with Gasteiger partial charge >= 0.3 is 0 Å². The smallest absolute Gasteiger partial charge is 0.200 e. The Morgan fingerprint density at radius 1 is 0.591 bits per heavy atom. The summed E-state index contributed by atoms with van der Waals surface area (Å²) in [6.07, 6.45) is 3.49. The van der Waals surface area contributed by atoms with E-state index >= 15 is 0 Å². The Hall–Kier alpha value is -5.16. The lowest BCUT2D eigenvalue weighted by Crippen LogP contribution is -2.34. The molecule has 0 saturated carbocycles. The minimum atomic E-state index is -0.223. The molecular formula is C32H28ClFN10. The fourth-order valence-electron chi connectivity index (χ4n) is 5.26. The highest BCUT2D eigenvalue weighted by Crippen LogP contribution is 2.25. The lowest BCUT2D eigenvalue weighted by atomic mass is 10.2. The summed E-state index contributed by atoms with van der Waals surface area (Å²) in [6, 6.07) is 26.0. The molecule has 4 aromatic heterocycles. The molecule has 0 atom stereocenters. The first kappa shape index (κ1) is 27.7. The van der Waals surface area contributed by atoms with E-state index in [1.807, 2.05) is 70.0 Å². The first-order valence-corrected chi connectivity index (χ1v) is 14.7. The van der Waals surface area contributed by atoms with Gasteiger partial charge in [0.15, 0.2) is 11.6 Å². The van der Waals surface area contributed by atoms with Crippen molar-refractivity contribution in [2.45, 2.75) is 26.2 Å². The molecule has 6 heterocycles. The number of fused-ring (bicyclic) bond motifs is 2. The van der Waals surface area contributed by atoms with Crippen LogP contribution in [0.15, 0.2) is 97.3 Å². The van der Waals surface area contributed by atoms with Crippen LogP contribution in [0.1, 0.15) is 11.6 Å². The molecule has 10 nitrogen and oxygen atoms in total. The Morgan fingerprint density at radius 3 is 1.64 bits per heavy atom. The zero-order chi connectivity index (χ0) is 29.9. The van der Waals surface area contributed by atoms with E-state index in [1.165, 1.54) is 6.07 Å². The lowest BCUT2D eigenvalue weighted by molar-refractivity contribution is 0.512. The van der Waals surface area contributed by atoms with E-state index in [9.17, 15) is 4.39 Å². The van der Waals surface area contributed by atoms with E-state index in [0.717, 1.165) is 72.2 Å². The molecule has 0 fully saturated rings. The number of pyridine rings is 2. The van der Waals surface area contributed by atoms with Gasteiger partial charge in [0.25, 0.3) is 0 Å². The number of halogens is 2. The van der Waals surface area contributed by atoms with Crippen LogP contribution < -0.4 is 9.80 Å². The molecule has 0 aliphatic carbocycles. The summed E-state index contributed by atoms with van der Waals surface area (Å²) >= 11 is 6.08. The van der Waals surface area contributed by atoms with Crippen LogP contribution in [0.4, 0.5) is 15.8 Å². The van der Waals surface area contributed by atoms with Gasteiger partial charge in [-0.15, -0.1) is 10.2 Å². The highest BCUT2D eigenvalue weighted by atomic mass is 35.5. The van der Waals surface area contributed by atoms with Crippen molar-refractivity contribution in [2.24, 2.45) is 0 Å². The molecule has 8 rings (SSSR count). The third-order valence-electron chi connectivity index (χ3n) is 7.46. The van der Waals surface area contributed by atoms with Gasteiger partial charge in [0.1, 0.15) is 28.9 Å². The molecule has 0 radical (unpaired) electrons. The second kappa shape index (κ2) is 12.2. The van der Waals surface area contributed by atoms with Crippen LogP contribution >= 0.6 is 11.6 Å². The minimum absolute atomic E-state index is 0.223. The number of anilines is 2. The number of hydrogen-bond donors (Lipinski definition) is 0. The normalized spacial score (nSPS) is 14.0. The summed E-state index contributed by atoms with van der Waals surface area (Å²) < 4.78 is 17.2. The van der Waals surface area contributed by atoms with Crippen molar-refractivity contribution < 1.29 is 4.39 Å². The average molecular weight is 607 g/mol. The topological polar surface area (TPSA) is 93.7 Å². The molecule has 2 aliphatic rings. The Balaban J connectivity index is 0.000000142. The first-order valence-electron chi connectivity index (χ1n) is 14.3. The van der Waals surface area contributed by atoms with Crippen molar-refractivity contribution in [1.82, 2.24) is 39.5 Å². The maximum atomic E-state index is 13.4. The van der Waals surface area contributed by atoms with Gasteiger partial charge in [0.05, 0.1) is 26.2 Å². The van der Waals surface area contributed by atoms with Gasteiger partial charge in [-0.2, -0.15) is 0 Å². The van der Waals surface area contributed by atoms with E-state index in [4.69, 9.17) is 11.6 Å². The summed E-state index contributed by atoms with van der Waals surface area (Å²) in [5.41, 5.74) is 3.55. The standard InChI is InChI=1S/C16H14ClN5.C16H14FN5/c2*17-12-4-3-5-13(10-12)21-8-9-22-15(11-21)19-16(20-22)14-6-1-2-7-18-14/h2*1-7,10H,8-9,11H2. The van der Waals surface area contributed by atoms with Crippen LogP contribution in [0.25, 0.3) is 23.0 Å². The van der Waals surface area contributed by atoms with Gasteiger partial charge < -0.3 is 9.80 Å². The highest BCUT2D eigenvalue weighted by Gasteiger charge is 2.22. The molecular weight excluding hydrogens is 579 g/mol. The van der Waals surface area contributed by atoms with Gasteiger partial charge in [-0.05, 0) is 60.7 Å². The van der Waals surface area contributed by atoms with Crippen LogP contribution in [-0.2, 0) is 26.2 Å². The number of benzene rings is 2. The third kappa shape index (κ3) is 6.00. The van der Waals surface area contributed by atoms with Crippen LogP contribution in [0, 0.1) is 5.82 Å². The summed E-state index contributed by atoms with van der Waals surface area (Å²) in [6.45, 7) is 4.54. The lowest BCUT2D eigenvalue weighted by Gasteiger charge is -2.28. The van der Waals surface area contributed by atoms with Gasteiger partial charge in [-0.1, -0.05) is 35.9 Å². The monoisotopic (exact) mass is 606 g/mol. The quantitative estimate of drug-likeness (QED) is 0.259. The van der Waals surface area contributed by atoms with Crippen molar-refractivity contribution in [3.05, 3.63) is 120 Å². The van der Waals surface area contributed by atoms with Gasteiger partial charge in [-0.3, -0.25) is 9.97 Å². The molecule has 0 N–H and O–H groups in total. The maximum absolute atomic E-state index is 13.4. The molecule has 0 amide bonds. The number of rotatable bonds is 4. The third-order valence-corrected chi connectivity index (χ3v) is 7.69. The summed E-state index contributed by atoms with van der Waals surface area (Å²) in [7, 11) is 0. The second-order valence-corrected chi connectivity index (χ2v) is 10.8. The Labute approximate surface area is 258 Å². The van der Waals surface area contributed by atoms with Crippen molar-refractivity contribution in [3.63, 3.8) is 0 Å². The van der Waals surface area contributed by atoms with Crippen molar-refractivity contribution in [2.75, 3.05) is 22.9 Å². The Kier molecular flexibility index (Phi) is 7.68. The summed E-state index contributed by atoms with van der Waals surface area (Å²) in [5.74, 6) is 2.92. The van der Waals surface area contributed by atoms with E-state index in [2.05, 4.69) is 46.0 Å². The number of hydrogen-bond acceptors (Lipinski definition) is 8. The number of aromatic nitrogens is 8. The molecule has 0 spiro atoms.